The molecule has 3 heterocycles. The van der Waals surface area contributed by atoms with Gasteiger partial charge in [0.25, 0.3) is 0 Å². The van der Waals surface area contributed by atoms with Gasteiger partial charge in [0.1, 0.15) is 35.9 Å². The number of anilines is 1. The van der Waals surface area contributed by atoms with Crippen LogP contribution in [0, 0.1) is 11.3 Å². The van der Waals surface area contributed by atoms with E-state index in [1.54, 1.807) is 0 Å². The van der Waals surface area contributed by atoms with E-state index in [0.717, 1.165) is 0 Å². The minimum atomic E-state index is -1.72. The Bertz CT molecular complexity index is 783. The molecule has 0 saturated carbocycles. The van der Waals surface area contributed by atoms with Gasteiger partial charge in [0, 0.05) is 6.20 Å². The van der Waals surface area contributed by atoms with Crippen molar-refractivity contribution in [2.75, 3.05) is 12.1 Å². The number of aliphatic hydroxyl groups excluding tert-OH is 2. The van der Waals surface area contributed by atoms with Gasteiger partial charge in [-0.05, 0) is 6.92 Å². The minimum absolute atomic E-state index is 0.0298. The van der Waals surface area contributed by atoms with Crippen molar-refractivity contribution >= 4 is 16.9 Å². The molecule has 23 heavy (non-hydrogen) atoms. The van der Waals surface area contributed by atoms with Crippen LogP contribution < -0.4 is 5.48 Å². The van der Waals surface area contributed by atoms with Crippen LogP contribution in [0.25, 0.3) is 11.0 Å². The summed E-state index contributed by atoms with van der Waals surface area (Å²) in [6.07, 6.45) is -0.831. The van der Waals surface area contributed by atoms with Gasteiger partial charge in [0.15, 0.2) is 12.0 Å². The van der Waals surface area contributed by atoms with E-state index >= 15 is 0 Å². The van der Waals surface area contributed by atoms with Crippen molar-refractivity contribution in [1.82, 2.24) is 14.5 Å². The molecule has 0 aromatic carbocycles. The van der Waals surface area contributed by atoms with Crippen LogP contribution >= 0.6 is 0 Å². The summed E-state index contributed by atoms with van der Waals surface area (Å²) in [5.74, 6) is 0.0298. The lowest BCUT2D eigenvalue weighted by Crippen LogP contribution is -2.44. The van der Waals surface area contributed by atoms with Crippen LogP contribution in [0.15, 0.2) is 12.5 Å². The maximum Gasteiger partial charge on any atom is 0.167 e. The molecule has 2 aromatic heterocycles. The number of nitrogens with one attached hydrogen (secondary N) is 1. The van der Waals surface area contributed by atoms with Crippen LogP contribution in [0.1, 0.15) is 18.7 Å². The number of rotatable bonds is 3. The summed E-state index contributed by atoms with van der Waals surface area (Å²) in [6, 6.07) is 1.95. The molecule has 3 rings (SSSR count). The fourth-order valence-corrected chi connectivity index (χ4v) is 2.82. The van der Waals surface area contributed by atoms with Crippen LogP contribution in [0.3, 0.4) is 0 Å². The Kier molecular flexibility index (Phi) is 3.67. The van der Waals surface area contributed by atoms with Crippen LogP contribution in [-0.2, 0) is 4.74 Å². The Labute approximate surface area is 130 Å². The van der Waals surface area contributed by atoms with Gasteiger partial charge in [-0.2, -0.15) is 5.26 Å². The highest BCUT2D eigenvalue weighted by Gasteiger charge is 2.53. The van der Waals surface area contributed by atoms with E-state index < -0.39 is 30.6 Å². The first-order valence-corrected chi connectivity index (χ1v) is 6.78. The van der Waals surface area contributed by atoms with Gasteiger partial charge in [-0.3, -0.25) is 10.7 Å². The smallest absolute Gasteiger partial charge is 0.167 e. The van der Waals surface area contributed by atoms with Gasteiger partial charge in [0.05, 0.1) is 17.6 Å². The minimum Gasteiger partial charge on any atom is -0.394 e. The van der Waals surface area contributed by atoms with Crippen molar-refractivity contribution < 1.29 is 25.3 Å². The van der Waals surface area contributed by atoms with E-state index in [0.29, 0.717) is 0 Å². The van der Waals surface area contributed by atoms with Crippen LogP contribution in [0.2, 0.25) is 0 Å². The van der Waals surface area contributed by atoms with Crippen molar-refractivity contribution in [3.63, 3.8) is 0 Å². The Morgan fingerprint density at radius 3 is 2.83 bits per heavy atom. The average molecular weight is 321 g/mol. The lowest BCUT2D eigenvalue weighted by atomic mass is 9.96. The number of aromatic nitrogens is 3. The number of fused-ring (bicyclic) bond motifs is 1. The predicted octanol–water partition coefficient (Wildman–Crippen LogP) is -0.894. The quantitative estimate of drug-likeness (QED) is 0.452. The number of nitrogens with zero attached hydrogens (tertiary/aromatic N) is 4. The molecule has 1 aliphatic heterocycles. The average Bonchev–Trinajstić information content (AvgIpc) is 3.03. The van der Waals surface area contributed by atoms with Gasteiger partial charge < -0.3 is 24.6 Å². The second-order valence-electron chi connectivity index (χ2n) is 5.47. The summed E-state index contributed by atoms with van der Waals surface area (Å²) < 4.78 is 6.89. The molecule has 1 unspecified atom stereocenters. The van der Waals surface area contributed by atoms with Crippen LogP contribution in [0.4, 0.5) is 5.82 Å². The maximum absolute atomic E-state index is 10.5. The van der Waals surface area contributed by atoms with E-state index in [1.807, 2.05) is 11.5 Å². The van der Waals surface area contributed by atoms with E-state index in [2.05, 4.69) is 9.97 Å². The highest BCUT2D eigenvalue weighted by molar-refractivity contribution is 5.92. The van der Waals surface area contributed by atoms with Crippen molar-refractivity contribution in [1.29, 1.82) is 5.26 Å². The number of ether oxygens (including phenoxy) is 1. The predicted molar refractivity (Wildman–Crippen MR) is 75.3 cm³/mol. The van der Waals surface area contributed by atoms with Crippen molar-refractivity contribution in [2.45, 2.75) is 31.0 Å². The first-order valence-electron chi connectivity index (χ1n) is 6.78. The standard InChI is InChI=1S/C13H15N5O5/c1-13(21)9(20)7(4-19)23-12(13)18-3-6(2-14)8-10(17-22)15-5-16-11(8)18/h3,5,7,9,12,19-22H,4H2,1H3,(H,15,16,17)/t7-,9-,12?,13-/m1/s1. The summed E-state index contributed by atoms with van der Waals surface area (Å²) in [6.45, 7) is 0.888. The zero-order valence-corrected chi connectivity index (χ0v) is 12.1. The van der Waals surface area contributed by atoms with E-state index in [-0.39, 0.29) is 22.4 Å². The summed E-state index contributed by atoms with van der Waals surface area (Å²) >= 11 is 0. The number of nitriles is 1. The molecule has 1 saturated heterocycles. The zero-order valence-electron chi connectivity index (χ0n) is 12.1. The molecule has 5 N–H and O–H groups in total. The first kappa shape index (κ1) is 15.6. The van der Waals surface area contributed by atoms with Gasteiger partial charge in [-0.1, -0.05) is 0 Å². The highest BCUT2D eigenvalue weighted by Crippen LogP contribution is 2.40. The Balaban J connectivity index is 2.20. The van der Waals surface area contributed by atoms with Gasteiger partial charge >= 0.3 is 0 Å². The molecule has 0 radical (unpaired) electrons. The molecule has 4 atom stereocenters. The molecule has 10 nitrogen and oxygen atoms in total. The van der Waals surface area contributed by atoms with E-state index in [9.17, 15) is 20.6 Å². The molecule has 2 aromatic rings. The summed E-state index contributed by atoms with van der Waals surface area (Å²) in [7, 11) is 0. The van der Waals surface area contributed by atoms with Gasteiger partial charge in [-0.15, -0.1) is 0 Å². The molecule has 1 fully saturated rings. The summed E-state index contributed by atoms with van der Waals surface area (Å²) in [4.78, 5) is 7.89. The molecule has 122 valence electrons. The van der Waals surface area contributed by atoms with Crippen LogP contribution in [0.5, 0.6) is 0 Å². The molecule has 0 bridgehead atoms. The zero-order chi connectivity index (χ0) is 16.8. The number of aliphatic hydroxyl groups is 3. The maximum atomic E-state index is 10.5. The molecular weight excluding hydrogens is 306 g/mol. The number of hydrogen-bond acceptors (Lipinski definition) is 9. The van der Waals surface area contributed by atoms with Gasteiger partial charge in [-0.25, -0.2) is 9.97 Å². The van der Waals surface area contributed by atoms with Crippen molar-refractivity contribution in [2.24, 2.45) is 0 Å². The SMILES string of the molecule is C[C@]1(O)C(n2cc(C#N)c3c(NO)ncnc32)O[C@H](CO)[C@H]1O. The molecule has 0 aliphatic carbocycles. The Morgan fingerprint density at radius 2 is 2.26 bits per heavy atom. The third-order valence-corrected chi connectivity index (χ3v) is 4.02. The number of hydrogen-bond donors (Lipinski definition) is 5. The topological polar surface area (TPSA) is 157 Å². The van der Waals surface area contributed by atoms with Crippen molar-refractivity contribution in [3.8, 4) is 6.07 Å². The molecule has 1 aliphatic rings. The fraction of sp³-hybridized carbons (Fsp3) is 0.462. The van der Waals surface area contributed by atoms with Gasteiger partial charge in [0.2, 0.25) is 0 Å². The molecule has 0 amide bonds. The first-order chi connectivity index (χ1) is 11.0. The molecule has 0 spiro atoms. The van der Waals surface area contributed by atoms with E-state index in [4.69, 9.17) is 9.94 Å². The summed E-state index contributed by atoms with van der Waals surface area (Å²) in [5, 5.41) is 48.6. The van der Waals surface area contributed by atoms with Crippen LogP contribution in [-0.4, -0.2) is 59.5 Å². The third kappa shape index (κ3) is 2.14. The lowest BCUT2D eigenvalue weighted by Gasteiger charge is -2.27. The highest BCUT2D eigenvalue weighted by atomic mass is 16.6. The molecule has 10 heteroatoms. The monoisotopic (exact) mass is 321 g/mol. The Morgan fingerprint density at radius 1 is 1.52 bits per heavy atom. The van der Waals surface area contributed by atoms with E-state index in [1.165, 1.54) is 24.0 Å². The second kappa shape index (κ2) is 5.41. The van der Waals surface area contributed by atoms with Crippen molar-refractivity contribution in [3.05, 3.63) is 18.1 Å². The summed E-state index contributed by atoms with van der Waals surface area (Å²) in [5.41, 5.74) is 0.549. The largest absolute Gasteiger partial charge is 0.394 e. The second-order valence-corrected chi connectivity index (χ2v) is 5.47. The Hall–Kier alpha value is -2.29. The molecular formula is C13H15N5O5. The third-order valence-electron chi connectivity index (χ3n) is 4.02. The fourth-order valence-electron chi connectivity index (χ4n) is 2.82. The normalized spacial score (nSPS) is 30.5. The lowest BCUT2D eigenvalue weighted by molar-refractivity contribution is -0.0948.